The van der Waals surface area contributed by atoms with Crippen LogP contribution in [0.5, 0.6) is 11.6 Å². The van der Waals surface area contributed by atoms with Gasteiger partial charge in [0.05, 0.1) is 24.9 Å². The molecule has 0 bridgehead atoms. The topological polar surface area (TPSA) is 59.6 Å². The second-order valence-electron chi connectivity index (χ2n) is 5.39. The van der Waals surface area contributed by atoms with Crippen LogP contribution in [0.1, 0.15) is 16.8 Å². The molecule has 0 unspecified atom stereocenters. The first kappa shape index (κ1) is 15.1. The average Bonchev–Trinajstić information content (AvgIpc) is 2.82. The van der Waals surface area contributed by atoms with Crippen molar-refractivity contribution in [3.05, 3.63) is 53.2 Å². The van der Waals surface area contributed by atoms with E-state index >= 15 is 0 Å². The maximum atomic E-state index is 10.1. The Hall–Kier alpha value is -2.82. The van der Waals surface area contributed by atoms with Crippen LogP contribution in [0.25, 0.3) is 10.8 Å². The van der Waals surface area contributed by atoms with Crippen molar-refractivity contribution in [3.63, 3.8) is 0 Å². The summed E-state index contributed by atoms with van der Waals surface area (Å²) in [6.45, 7) is 2.38. The van der Waals surface area contributed by atoms with Gasteiger partial charge in [-0.25, -0.2) is 4.68 Å². The third kappa shape index (κ3) is 2.77. The highest BCUT2D eigenvalue weighted by molar-refractivity contribution is 6.02. The molecule has 0 atom stereocenters. The lowest BCUT2D eigenvalue weighted by Gasteiger charge is -2.05. The summed E-state index contributed by atoms with van der Waals surface area (Å²) in [5.41, 5.74) is 2.57. The fraction of sp³-hybridized carbons (Fsp3) is 0.222. The van der Waals surface area contributed by atoms with Gasteiger partial charge in [0.1, 0.15) is 5.75 Å². The lowest BCUT2D eigenvalue weighted by atomic mass is 10.0. The van der Waals surface area contributed by atoms with Crippen LogP contribution in [-0.2, 0) is 13.6 Å². The molecular formula is C18H19N3O2. The fourth-order valence-corrected chi connectivity index (χ4v) is 2.77. The third-order valence-electron chi connectivity index (χ3n) is 3.90. The number of aromatic nitrogens is 2. The van der Waals surface area contributed by atoms with Gasteiger partial charge in [0, 0.05) is 18.8 Å². The number of aliphatic imine (C=N–C) groups is 1. The van der Waals surface area contributed by atoms with Gasteiger partial charge in [0.2, 0.25) is 5.88 Å². The van der Waals surface area contributed by atoms with E-state index in [9.17, 15) is 5.11 Å². The summed E-state index contributed by atoms with van der Waals surface area (Å²) in [6, 6.07) is 11.5. The first-order chi connectivity index (χ1) is 11.1. The second-order valence-corrected chi connectivity index (χ2v) is 5.39. The van der Waals surface area contributed by atoms with Gasteiger partial charge in [0.25, 0.3) is 0 Å². The summed E-state index contributed by atoms with van der Waals surface area (Å²) in [5, 5.41) is 16.5. The molecule has 0 fully saturated rings. The molecule has 0 aliphatic carbocycles. The molecule has 1 heterocycles. The Labute approximate surface area is 134 Å². The minimum absolute atomic E-state index is 0.224. The summed E-state index contributed by atoms with van der Waals surface area (Å²) in [7, 11) is 3.47. The van der Waals surface area contributed by atoms with E-state index in [0.717, 1.165) is 27.6 Å². The van der Waals surface area contributed by atoms with Crippen molar-refractivity contribution in [2.75, 3.05) is 7.11 Å². The number of nitrogens with zero attached hydrogens (tertiary/aromatic N) is 3. The zero-order valence-corrected chi connectivity index (χ0v) is 13.4. The number of phenolic OH excluding ortho intramolecular Hbond substituents is 1. The van der Waals surface area contributed by atoms with Crippen molar-refractivity contribution in [1.29, 1.82) is 0 Å². The maximum Gasteiger partial charge on any atom is 0.216 e. The second kappa shape index (κ2) is 6.12. The summed E-state index contributed by atoms with van der Waals surface area (Å²) in [5.74, 6) is 0.934. The largest absolute Gasteiger partial charge is 0.507 e. The van der Waals surface area contributed by atoms with Gasteiger partial charge in [0.15, 0.2) is 0 Å². The van der Waals surface area contributed by atoms with Crippen LogP contribution in [0.15, 0.2) is 41.4 Å². The van der Waals surface area contributed by atoms with E-state index in [-0.39, 0.29) is 5.75 Å². The number of methoxy groups -OCH3 is 1. The van der Waals surface area contributed by atoms with Gasteiger partial charge in [-0.15, -0.1) is 0 Å². The number of rotatable bonds is 4. The number of phenols is 1. The normalized spacial score (nSPS) is 11.4. The van der Waals surface area contributed by atoms with Crippen LogP contribution in [-0.4, -0.2) is 28.2 Å². The minimum Gasteiger partial charge on any atom is -0.507 e. The Kier molecular flexibility index (Phi) is 4.02. The molecule has 0 spiro atoms. The number of hydrogen-bond donors (Lipinski definition) is 1. The maximum absolute atomic E-state index is 10.1. The van der Waals surface area contributed by atoms with E-state index in [2.05, 4.69) is 10.1 Å². The molecule has 0 saturated carbocycles. The van der Waals surface area contributed by atoms with Gasteiger partial charge in [-0.3, -0.25) is 4.99 Å². The molecule has 1 aromatic heterocycles. The van der Waals surface area contributed by atoms with E-state index in [0.29, 0.717) is 12.4 Å². The van der Waals surface area contributed by atoms with E-state index in [4.69, 9.17) is 4.74 Å². The van der Waals surface area contributed by atoms with Crippen molar-refractivity contribution in [2.24, 2.45) is 12.0 Å². The monoisotopic (exact) mass is 309 g/mol. The van der Waals surface area contributed by atoms with Gasteiger partial charge in [-0.1, -0.05) is 30.3 Å². The van der Waals surface area contributed by atoms with Crippen LogP contribution in [0, 0.1) is 6.92 Å². The highest BCUT2D eigenvalue weighted by Crippen LogP contribution is 2.26. The van der Waals surface area contributed by atoms with E-state index in [1.807, 2.05) is 44.3 Å². The van der Waals surface area contributed by atoms with Crippen molar-refractivity contribution >= 4 is 17.0 Å². The third-order valence-corrected chi connectivity index (χ3v) is 3.90. The minimum atomic E-state index is 0.224. The zero-order chi connectivity index (χ0) is 16.4. The number of aromatic hydroxyl groups is 1. The predicted molar refractivity (Wildman–Crippen MR) is 91.4 cm³/mol. The number of hydrogen-bond acceptors (Lipinski definition) is 4. The SMILES string of the molecule is COc1c(CN=Cc2c(O)ccc3ccccc23)c(C)nn1C. The van der Waals surface area contributed by atoms with Crippen molar-refractivity contribution in [2.45, 2.75) is 13.5 Å². The van der Waals surface area contributed by atoms with Gasteiger partial charge in [-0.2, -0.15) is 5.10 Å². The number of aryl methyl sites for hydroxylation is 2. The Morgan fingerprint density at radius 1 is 1.26 bits per heavy atom. The van der Waals surface area contributed by atoms with Crippen LogP contribution in [0.4, 0.5) is 0 Å². The van der Waals surface area contributed by atoms with E-state index in [1.165, 1.54) is 0 Å². The Morgan fingerprint density at radius 2 is 2.04 bits per heavy atom. The quantitative estimate of drug-likeness (QED) is 0.753. The first-order valence-corrected chi connectivity index (χ1v) is 7.39. The van der Waals surface area contributed by atoms with Crippen LogP contribution < -0.4 is 4.74 Å². The van der Waals surface area contributed by atoms with Gasteiger partial charge >= 0.3 is 0 Å². The number of ether oxygens (including phenoxy) is 1. The molecule has 3 aromatic rings. The molecule has 0 saturated heterocycles. The van der Waals surface area contributed by atoms with Crippen molar-refractivity contribution < 1.29 is 9.84 Å². The molecule has 0 aliphatic heterocycles. The van der Waals surface area contributed by atoms with Crippen LogP contribution >= 0.6 is 0 Å². The fourth-order valence-electron chi connectivity index (χ4n) is 2.77. The van der Waals surface area contributed by atoms with Crippen LogP contribution in [0.2, 0.25) is 0 Å². The predicted octanol–water partition coefficient (Wildman–Crippen LogP) is 3.22. The van der Waals surface area contributed by atoms with E-state index < -0.39 is 0 Å². The number of benzene rings is 2. The molecule has 5 nitrogen and oxygen atoms in total. The molecule has 1 N–H and O–H groups in total. The highest BCUT2D eigenvalue weighted by atomic mass is 16.5. The molecular weight excluding hydrogens is 290 g/mol. The zero-order valence-electron chi connectivity index (χ0n) is 13.4. The lowest BCUT2D eigenvalue weighted by Crippen LogP contribution is -1.96. The highest BCUT2D eigenvalue weighted by Gasteiger charge is 2.13. The standard InChI is InChI=1S/C18H19N3O2/c1-12-15(18(23-3)21(2)20-12)10-19-11-16-14-7-5-4-6-13(14)8-9-17(16)22/h4-9,11,22H,10H2,1-3H3. The van der Waals surface area contributed by atoms with Crippen LogP contribution in [0.3, 0.4) is 0 Å². The van der Waals surface area contributed by atoms with E-state index in [1.54, 1.807) is 24.1 Å². The summed E-state index contributed by atoms with van der Waals surface area (Å²) in [6.07, 6.45) is 1.71. The van der Waals surface area contributed by atoms with Gasteiger partial charge < -0.3 is 9.84 Å². The summed E-state index contributed by atoms with van der Waals surface area (Å²) >= 11 is 0. The summed E-state index contributed by atoms with van der Waals surface area (Å²) in [4.78, 5) is 4.49. The number of fused-ring (bicyclic) bond motifs is 1. The molecule has 0 radical (unpaired) electrons. The van der Waals surface area contributed by atoms with Crippen molar-refractivity contribution in [3.8, 4) is 11.6 Å². The first-order valence-electron chi connectivity index (χ1n) is 7.39. The molecule has 118 valence electrons. The summed E-state index contributed by atoms with van der Waals surface area (Å²) < 4.78 is 7.07. The molecule has 5 heteroatoms. The average molecular weight is 309 g/mol. The Morgan fingerprint density at radius 3 is 2.83 bits per heavy atom. The van der Waals surface area contributed by atoms with Gasteiger partial charge in [-0.05, 0) is 23.8 Å². The molecule has 2 aromatic carbocycles. The molecule has 0 amide bonds. The molecule has 23 heavy (non-hydrogen) atoms. The molecule has 0 aliphatic rings. The Bertz CT molecular complexity index is 881. The Balaban J connectivity index is 1.94. The lowest BCUT2D eigenvalue weighted by molar-refractivity contribution is 0.369. The van der Waals surface area contributed by atoms with Crippen molar-refractivity contribution in [1.82, 2.24) is 9.78 Å². The molecule has 3 rings (SSSR count). The smallest absolute Gasteiger partial charge is 0.216 e.